The zero-order valence-electron chi connectivity index (χ0n) is 15.8. The number of carbonyl (C=O) groups is 3. The Kier molecular flexibility index (Phi) is 6.50. The largest absolute Gasteiger partial charge is 0.453 e. The van der Waals surface area contributed by atoms with Crippen LogP contribution in [-0.2, 0) is 11.2 Å². The summed E-state index contributed by atoms with van der Waals surface area (Å²) in [4.78, 5) is 39.0. The maximum atomic E-state index is 12.2. The second-order valence-electron chi connectivity index (χ2n) is 6.48. The molecule has 0 unspecified atom stereocenters. The van der Waals surface area contributed by atoms with Gasteiger partial charge in [0.2, 0.25) is 0 Å². The van der Waals surface area contributed by atoms with Gasteiger partial charge in [0.25, 0.3) is 0 Å². The summed E-state index contributed by atoms with van der Waals surface area (Å²) < 4.78 is 5.14. The van der Waals surface area contributed by atoms with E-state index in [-0.39, 0.29) is 23.9 Å². The average molecular weight is 355 g/mol. The Balaban J connectivity index is 2.00. The van der Waals surface area contributed by atoms with Gasteiger partial charge in [0.05, 0.1) is 0 Å². The molecule has 0 aliphatic heterocycles. The zero-order chi connectivity index (χ0) is 19.3. The Hall–Kier alpha value is -2.69. The van der Waals surface area contributed by atoms with Crippen LogP contribution in [0.25, 0.3) is 0 Å². The molecule has 0 radical (unpaired) electrons. The molecule has 0 saturated heterocycles. The van der Waals surface area contributed by atoms with Gasteiger partial charge >= 0.3 is 5.97 Å². The van der Waals surface area contributed by atoms with E-state index in [1.807, 2.05) is 12.1 Å². The van der Waals surface area contributed by atoms with E-state index < -0.39 is 5.97 Å². The highest BCUT2D eigenvalue weighted by molar-refractivity contribution is 6.02. The fourth-order valence-corrected chi connectivity index (χ4v) is 3.01. The summed E-state index contributed by atoms with van der Waals surface area (Å²) in [6.07, 6.45) is 3.23. The summed E-state index contributed by atoms with van der Waals surface area (Å²) >= 11 is 0. The van der Waals surface area contributed by atoms with Crippen LogP contribution >= 0.6 is 0 Å². The number of aromatic amines is 1. The number of ether oxygens (including phenoxy) is 1. The molecule has 0 aliphatic rings. The number of unbranched alkanes of at least 4 members (excludes halogenated alkanes) is 1. The fraction of sp³-hybridized carbons (Fsp3) is 0.381. The quantitative estimate of drug-likeness (QED) is 0.568. The van der Waals surface area contributed by atoms with Gasteiger partial charge in [-0.15, -0.1) is 0 Å². The van der Waals surface area contributed by atoms with E-state index in [1.54, 1.807) is 26.0 Å². The number of ketones is 2. The molecule has 0 fully saturated rings. The van der Waals surface area contributed by atoms with Gasteiger partial charge < -0.3 is 9.72 Å². The Morgan fingerprint density at radius 1 is 1.08 bits per heavy atom. The lowest BCUT2D eigenvalue weighted by atomic mass is 10.0. The average Bonchev–Trinajstić information content (AvgIpc) is 2.92. The molecule has 138 valence electrons. The third-order valence-corrected chi connectivity index (χ3v) is 4.42. The van der Waals surface area contributed by atoms with Gasteiger partial charge in [-0.2, -0.15) is 0 Å². The van der Waals surface area contributed by atoms with Crippen LogP contribution in [0.2, 0.25) is 0 Å². The second kappa shape index (κ2) is 8.61. The van der Waals surface area contributed by atoms with Crippen LogP contribution in [0.5, 0.6) is 0 Å². The van der Waals surface area contributed by atoms with Crippen LogP contribution in [0.3, 0.4) is 0 Å². The number of rotatable bonds is 8. The number of nitrogens with one attached hydrogen (secondary N) is 1. The minimum Gasteiger partial charge on any atom is -0.453 e. The summed E-state index contributed by atoms with van der Waals surface area (Å²) in [6, 6.07) is 7.39. The van der Waals surface area contributed by atoms with Gasteiger partial charge in [0, 0.05) is 16.8 Å². The summed E-state index contributed by atoms with van der Waals surface area (Å²) in [6.45, 7) is 6.67. The van der Waals surface area contributed by atoms with Crippen molar-refractivity contribution in [3.8, 4) is 0 Å². The van der Waals surface area contributed by atoms with Crippen molar-refractivity contribution in [2.75, 3.05) is 6.61 Å². The van der Waals surface area contributed by atoms with E-state index in [4.69, 9.17) is 4.74 Å². The van der Waals surface area contributed by atoms with Gasteiger partial charge in [0.15, 0.2) is 18.2 Å². The van der Waals surface area contributed by atoms with Gasteiger partial charge in [-0.3, -0.25) is 9.59 Å². The smallest absolute Gasteiger partial charge is 0.355 e. The number of hydrogen-bond donors (Lipinski definition) is 1. The van der Waals surface area contributed by atoms with Crippen molar-refractivity contribution in [3.05, 3.63) is 57.9 Å². The van der Waals surface area contributed by atoms with Gasteiger partial charge in [0.1, 0.15) is 5.69 Å². The van der Waals surface area contributed by atoms with Crippen molar-refractivity contribution in [1.82, 2.24) is 4.98 Å². The number of H-pyrrole nitrogens is 1. The van der Waals surface area contributed by atoms with E-state index in [2.05, 4.69) is 11.9 Å². The summed E-state index contributed by atoms with van der Waals surface area (Å²) in [5, 5.41) is 0. The number of hydrogen-bond acceptors (Lipinski definition) is 4. The third-order valence-electron chi connectivity index (χ3n) is 4.42. The molecule has 1 heterocycles. The van der Waals surface area contributed by atoms with Crippen LogP contribution in [0.4, 0.5) is 0 Å². The normalized spacial score (nSPS) is 10.6. The highest BCUT2D eigenvalue weighted by Gasteiger charge is 2.21. The first-order chi connectivity index (χ1) is 12.3. The first kappa shape index (κ1) is 19.6. The molecule has 0 spiro atoms. The van der Waals surface area contributed by atoms with Crippen molar-refractivity contribution in [3.63, 3.8) is 0 Å². The summed E-state index contributed by atoms with van der Waals surface area (Å²) in [5.41, 5.74) is 3.58. The molecule has 5 heteroatoms. The van der Waals surface area contributed by atoms with E-state index >= 15 is 0 Å². The maximum absolute atomic E-state index is 12.2. The van der Waals surface area contributed by atoms with Crippen LogP contribution in [0.15, 0.2) is 24.3 Å². The molecule has 0 bridgehead atoms. The first-order valence-electron chi connectivity index (χ1n) is 8.84. The Labute approximate surface area is 153 Å². The van der Waals surface area contributed by atoms with Crippen molar-refractivity contribution in [2.45, 2.75) is 47.0 Å². The van der Waals surface area contributed by atoms with Crippen LogP contribution in [-0.4, -0.2) is 29.1 Å². The molecule has 2 rings (SSSR count). The minimum absolute atomic E-state index is 0.116. The molecule has 5 nitrogen and oxygen atoms in total. The molecule has 0 atom stereocenters. The lowest BCUT2D eigenvalue weighted by Gasteiger charge is -2.05. The van der Waals surface area contributed by atoms with Crippen molar-refractivity contribution < 1.29 is 19.1 Å². The Bertz CT molecular complexity index is 815. The van der Waals surface area contributed by atoms with Gasteiger partial charge in [-0.1, -0.05) is 37.6 Å². The lowest BCUT2D eigenvalue weighted by molar-refractivity contribution is 0.0468. The minimum atomic E-state index is -0.633. The SMILES string of the molecule is CCCCc1ccc(C(=O)COC(=O)c2[nH]c(C)c(C(C)=O)c2C)cc1. The topological polar surface area (TPSA) is 76.2 Å². The Morgan fingerprint density at radius 3 is 2.27 bits per heavy atom. The first-order valence-corrected chi connectivity index (χ1v) is 8.84. The van der Waals surface area contributed by atoms with Crippen molar-refractivity contribution in [1.29, 1.82) is 0 Å². The predicted octanol–water partition coefficient (Wildman–Crippen LogP) is 4.22. The highest BCUT2D eigenvalue weighted by atomic mass is 16.5. The molecule has 1 aromatic heterocycles. The number of esters is 1. The van der Waals surface area contributed by atoms with E-state index in [0.29, 0.717) is 22.4 Å². The van der Waals surface area contributed by atoms with Crippen LogP contribution < -0.4 is 0 Å². The van der Waals surface area contributed by atoms with Gasteiger partial charge in [-0.25, -0.2) is 4.79 Å². The highest BCUT2D eigenvalue weighted by Crippen LogP contribution is 2.19. The molecule has 1 aromatic carbocycles. The Morgan fingerprint density at radius 2 is 1.73 bits per heavy atom. The second-order valence-corrected chi connectivity index (χ2v) is 6.48. The van der Waals surface area contributed by atoms with Crippen LogP contribution in [0.1, 0.15) is 74.7 Å². The number of Topliss-reactive ketones (excluding diaryl/α,β-unsaturated/α-hetero) is 2. The molecule has 0 aliphatic carbocycles. The van der Waals surface area contributed by atoms with E-state index in [1.165, 1.54) is 12.5 Å². The summed E-state index contributed by atoms with van der Waals surface area (Å²) in [5.74, 6) is -1.01. The van der Waals surface area contributed by atoms with E-state index in [9.17, 15) is 14.4 Å². The van der Waals surface area contributed by atoms with Crippen LogP contribution in [0, 0.1) is 13.8 Å². The molecule has 26 heavy (non-hydrogen) atoms. The molecular weight excluding hydrogens is 330 g/mol. The molecule has 2 aromatic rings. The maximum Gasteiger partial charge on any atom is 0.355 e. The lowest BCUT2D eigenvalue weighted by Crippen LogP contribution is -2.15. The zero-order valence-corrected chi connectivity index (χ0v) is 15.8. The van der Waals surface area contributed by atoms with Gasteiger partial charge in [-0.05, 0) is 44.7 Å². The standard InChI is InChI=1S/C21H25NO4/c1-5-6-7-16-8-10-17(11-9-16)18(24)12-26-21(25)20-13(2)19(15(4)23)14(3)22-20/h8-11,22H,5-7,12H2,1-4H3. The molecule has 0 saturated carbocycles. The molecule has 0 amide bonds. The van der Waals surface area contributed by atoms with Crippen molar-refractivity contribution >= 4 is 17.5 Å². The fourth-order valence-electron chi connectivity index (χ4n) is 3.01. The van der Waals surface area contributed by atoms with E-state index in [0.717, 1.165) is 19.3 Å². The molecular formula is C21H25NO4. The summed E-state index contributed by atoms with van der Waals surface area (Å²) in [7, 11) is 0. The number of aryl methyl sites for hydroxylation is 2. The predicted molar refractivity (Wildman–Crippen MR) is 99.9 cm³/mol. The number of carbonyl (C=O) groups excluding carboxylic acids is 3. The number of aromatic nitrogens is 1. The molecule has 1 N–H and O–H groups in total. The number of benzene rings is 1. The third kappa shape index (κ3) is 4.48. The monoisotopic (exact) mass is 355 g/mol. The van der Waals surface area contributed by atoms with Crippen molar-refractivity contribution in [2.24, 2.45) is 0 Å².